The summed E-state index contributed by atoms with van der Waals surface area (Å²) in [6.07, 6.45) is 0. The van der Waals surface area contributed by atoms with Crippen molar-refractivity contribution in [3.8, 4) is 0 Å². The third-order valence-electron chi connectivity index (χ3n) is 3.01. The summed E-state index contributed by atoms with van der Waals surface area (Å²) in [4.78, 5) is 11.8. The predicted octanol–water partition coefficient (Wildman–Crippen LogP) is 4.05. The fourth-order valence-corrected chi connectivity index (χ4v) is 1.79. The second-order valence-corrected chi connectivity index (χ2v) is 4.44. The van der Waals surface area contributed by atoms with Crippen molar-refractivity contribution < 1.29 is 31.5 Å². The van der Waals surface area contributed by atoms with Crippen molar-refractivity contribution in [2.45, 2.75) is 13.5 Å². The molecule has 0 amide bonds. The van der Waals surface area contributed by atoms with Gasteiger partial charge in [-0.2, -0.15) is 0 Å². The lowest BCUT2D eigenvalue weighted by atomic mass is 10.1. The second kappa shape index (κ2) is 6.13. The molecule has 0 aliphatic carbocycles. The van der Waals surface area contributed by atoms with Crippen molar-refractivity contribution >= 4 is 5.97 Å². The highest BCUT2D eigenvalue weighted by atomic mass is 19.2. The summed E-state index contributed by atoms with van der Waals surface area (Å²) in [5, 5.41) is 0. The lowest BCUT2D eigenvalue weighted by Gasteiger charge is -2.10. The first-order valence-corrected chi connectivity index (χ1v) is 6.07. The van der Waals surface area contributed by atoms with Crippen LogP contribution >= 0.6 is 0 Å². The van der Waals surface area contributed by atoms with E-state index in [9.17, 15) is 26.7 Å². The van der Waals surface area contributed by atoms with Gasteiger partial charge in [0.25, 0.3) is 0 Å². The molecule has 2 aromatic carbocycles. The van der Waals surface area contributed by atoms with Crippen molar-refractivity contribution in [2.75, 3.05) is 0 Å². The Kier molecular flexibility index (Phi) is 4.44. The predicted molar refractivity (Wildman–Crippen MR) is 66.5 cm³/mol. The van der Waals surface area contributed by atoms with E-state index in [4.69, 9.17) is 0 Å². The minimum Gasteiger partial charge on any atom is -0.457 e. The molecule has 22 heavy (non-hydrogen) atoms. The van der Waals surface area contributed by atoms with Crippen LogP contribution in [0.4, 0.5) is 22.0 Å². The summed E-state index contributed by atoms with van der Waals surface area (Å²) < 4.78 is 70.4. The fraction of sp³-hybridized carbons (Fsp3) is 0.133. The molecule has 0 spiro atoms. The maximum atomic E-state index is 13.4. The number of rotatable bonds is 3. The van der Waals surface area contributed by atoms with Crippen LogP contribution in [0.15, 0.2) is 24.3 Å². The molecule has 0 saturated carbocycles. The summed E-state index contributed by atoms with van der Waals surface area (Å²) in [6.45, 7) is 0.536. The Morgan fingerprint density at radius 1 is 0.909 bits per heavy atom. The Labute approximate surface area is 122 Å². The number of ether oxygens (including phenoxy) is 1. The molecule has 7 heteroatoms. The van der Waals surface area contributed by atoms with Crippen LogP contribution in [0.25, 0.3) is 0 Å². The zero-order valence-corrected chi connectivity index (χ0v) is 11.2. The van der Waals surface area contributed by atoms with Gasteiger partial charge in [-0.05, 0) is 18.6 Å². The number of esters is 1. The van der Waals surface area contributed by atoms with Gasteiger partial charge in [0, 0.05) is 0 Å². The van der Waals surface area contributed by atoms with Crippen LogP contribution in [0.3, 0.4) is 0 Å². The summed E-state index contributed by atoms with van der Waals surface area (Å²) in [6, 6.07) is 6.23. The smallest absolute Gasteiger partial charge is 0.338 e. The molecule has 2 nitrogen and oxygen atoms in total. The van der Waals surface area contributed by atoms with Crippen LogP contribution in [0.2, 0.25) is 0 Å². The van der Waals surface area contributed by atoms with Crippen LogP contribution in [0.1, 0.15) is 21.5 Å². The molecular formula is C15H9F5O2. The molecule has 0 aliphatic heterocycles. The molecule has 0 saturated heterocycles. The van der Waals surface area contributed by atoms with E-state index < -0.39 is 47.2 Å². The van der Waals surface area contributed by atoms with Crippen LogP contribution in [0.5, 0.6) is 0 Å². The van der Waals surface area contributed by atoms with E-state index in [1.54, 1.807) is 25.1 Å². The number of carbonyl (C=O) groups excluding carboxylic acids is 1. The van der Waals surface area contributed by atoms with Crippen molar-refractivity contribution in [1.82, 2.24) is 0 Å². The number of halogens is 5. The Morgan fingerprint density at radius 3 is 1.95 bits per heavy atom. The van der Waals surface area contributed by atoms with E-state index in [0.29, 0.717) is 5.56 Å². The van der Waals surface area contributed by atoms with Crippen LogP contribution in [-0.4, -0.2) is 5.97 Å². The molecule has 0 aliphatic rings. The van der Waals surface area contributed by atoms with Gasteiger partial charge in [-0.3, -0.25) is 0 Å². The van der Waals surface area contributed by atoms with Crippen molar-refractivity contribution in [3.63, 3.8) is 0 Å². The normalized spacial score (nSPS) is 10.6. The van der Waals surface area contributed by atoms with Gasteiger partial charge < -0.3 is 4.74 Å². The highest BCUT2D eigenvalue weighted by Crippen LogP contribution is 2.24. The first-order valence-electron chi connectivity index (χ1n) is 6.07. The summed E-state index contributed by atoms with van der Waals surface area (Å²) >= 11 is 0. The number of aryl methyl sites for hydroxylation is 1. The highest BCUT2D eigenvalue weighted by molar-refractivity contribution is 5.90. The lowest BCUT2D eigenvalue weighted by molar-refractivity contribution is 0.0461. The molecule has 2 rings (SSSR count). The van der Waals surface area contributed by atoms with E-state index in [0.717, 1.165) is 0 Å². The van der Waals surface area contributed by atoms with E-state index in [-0.39, 0.29) is 5.56 Å². The largest absolute Gasteiger partial charge is 0.457 e. The fourth-order valence-electron chi connectivity index (χ4n) is 1.79. The Hall–Kier alpha value is -2.44. The topological polar surface area (TPSA) is 26.3 Å². The SMILES string of the molecule is Cc1ccccc1C(=O)OCc1c(F)c(F)c(F)c(F)c1F. The maximum absolute atomic E-state index is 13.4. The minimum atomic E-state index is -2.26. The zero-order valence-electron chi connectivity index (χ0n) is 11.2. The standard InChI is InChI=1S/C15H9F5O2/c1-7-4-2-3-5-8(7)15(21)22-6-9-10(16)12(18)14(20)13(19)11(9)17/h2-5H,6H2,1H3. The van der Waals surface area contributed by atoms with Gasteiger partial charge in [-0.1, -0.05) is 18.2 Å². The summed E-state index contributed by atoms with van der Waals surface area (Å²) in [7, 11) is 0. The zero-order chi connectivity index (χ0) is 16.4. The van der Waals surface area contributed by atoms with E-state index in [2.05, 4.69) is 4.74 Å². The number of carbonyl (C=O) groups is 1. The monoisotopic (exact) mass is 316 g/mol. The molecule has 0 bridgehead atoms. The quantitative estimate of drug-likeness (QED) is 0.370. The molecule has 0 atom stereocenters. The Balaban J connectivity index is 2.26. The average molecular weight is 316 g/mol. The van der Waals surface area contributed by atoms with Gasteiger partial charge in [0.1, 0.15) is 6.61 Å². The summed E-state index contributed by atoms with van der Waals surface area (Å²) in [5.41, 5.74) is -0.519. The number of hydrogen-bond donors (Lipinski definition) is 0. The van der Waals surface area contributed by atoms with Gasteiger partial charge in [-0.25, -0.2) is 26.7 Å². The highest BCUT2D eigenvalue weighted by Gasteiger charge is 2.26. The molecule has 0 radical (unpaired) electrons. The van der Waals surface area contributed by atoms with Gasteiger partial charge in [-0.15, -0.1) is 0 Å². The van der Waals surface area contributed by atoms with Gasteiger partial charge in [0.05, 0.1) is 11.1 Å². The average Bonchev–Trinajstić information content (AvgIpc) is 2.51. The van der Waals surface area contributed by atoms with Crippen molar-refractivity contribution in [3.05, 3.63) is 70.0 Å². The number of benzene rings is 2. The second-order valence-electron chi connectivity index (χ2n) is 4.44. The van der Waals surface area contributed by atoms with Crippen molar-refractivity contribution in [1.29, 1.82) is 0 Å². The molecule has 0 fully saturated rings. The Bertz CT molecular complexity index is 714. The van der Waals surface area contributed by atoms with Crippen LogP contribution in [-0.2, 0) is 11.3 Å². The van der Waals surface area contributed by atoms with E-state index >= 15 is 0 Å². The first kappa shape index (κ1) is 15.9. The molecule has 2 aromatic rings. The molecule has 0 N–H and O–H groups in total. The molecule has 0 heterocycles. The van der Waals surface area contributed by atoms with Gasteiger partial charge in [0.15, 0.2) is 23.3 Å². The lowest BCUT2D eigenvalue weighted by Crippen LogP contribution is -2.12. The molecule has 0 aromatic heterocycles. The third kappa shape index (κ3) is 2.79. The van der Waals surface area contributed by atoms with E-state index in [1.165, 1.54) is 6.07 Å². The van der Waals surface area contributed by atoms with E-state index in [1.807, 2.05) is 0 Å². The minimum absolute atomic E-state index is 0.131. The maximum Gasteiger partial charge on any atom is 0.338 e. The first-order chi connectivity index (χ1) is 10.3. The van der Waals surface area contributed by atoms with Crippen molar-refractivity contribution in [2.24, 2.45) is 0 Å². The molecular weight excluding hydrogens is 307 g/mol. The number of hydrogen-bond acceptors (Lipinski definition) is 2. The van der Waals surface area contributed by atoms with Gasteiger partial charge >= 0.3 is 5.97 Å². The Morgan fingerprint density at radius 2 is 1.41 bits per heavy atom. The molecule has 0 unspecified atom stereocenters. The van der Waals surface area contributed by atoms with Gasteiger partial charge in [0.2, 0.25) is 5.82 Å². The third-order valence-corrected chi connectivity index (χ3v) is 3.01. The summed E-state index contributed by atoms with van der Waals surface area (Å²) in [5.74, 6) is -11.4. The van der Waals surface area contributed by atoms with Crippen LogP contribution in [0, 0.1) is 36.0 Å². The van der Waals surface area contributed by atoms with Crippen LogP contribution < -0.4 is 0 Å². The molecule has 116 valence electrons.